The van der Waals surface area contributed by atoms with E-state index in [2.05, 4.69) is 15.6 Å². The van der Waals surface area contributed by atoms with Gasteiger partial charge in [-0.3, -0.25) is 9.59 Å². The van der Waals surface area contributed by atoms with Gasteiger partial charge in [-0.1, -0.05) is 19.1 Å². The van der Waals surface area contributed by atoms with E-state index in [9.17, 15) is 22.8 Å². The van der Waals surface area contributed by atoms with E-state index in [4.69, 9.17) is 0 Å². The van der Waals surface area contributed by atoms with E-state index in [0.717, 1.165) is 12.1 Å². The van der Waals surface area contributed by atoms with Crippen LogP contribution in [0.2, 0.25) is 0 Å². The van der Waals surface area contributed by atoms with E-state index in [-0.39, 0.29) is 23.7 Å². The largest absolute Gasteiger partial charge is 0.416 e. The molecule has 5 nitrogen and oxygen atoms in total. The number of halogens is 3. The average molecular weight is 379 g/mol. The summed E-state index contributed by atoms with van der Waals surface area (Å²) in [6, 6.07) is 7.13. The van der Waals surface area contributed by atoms with E-state index in [0.29, 0.717) is 11.3 Å². The van der Waals surface area contributed by atoms with Crippen molar-refractivity contribution in [2.75, 3.05) is 5.32 Å². The van der Waals surface area contributed by atoms with Crippen LogP contribution in [0.4, 0.5) is 19.0 Å². The Morgan fingerprint density at radius 3 is 2.52 bits per heavy atom. The first-order valence-corrected chi connectivity index (χ1v) is 8.36. The van der Waals surface area contributed by atoms with Gasteiger partial charge in [-0.2, -0.15) is 13.2 Å². The molecule has 0 bridgehead atoms. The molecule has 1 aromatic carbocycles. The number of hydrogen-bond donors (Lipinski definition) is 2. The third-order valence-corrected chi connectivity index (χ3v) is 3.87. The van der Waals surface area contributed by atoms with E-state index >= 15 is 0 Å². The minimum atomic E-state index is -4.45. The van der Waals surface area contributed by atoms with Crippen LogP contribution in [-0.2, 0) is 11.0 Å². The second-order valence-electron chi connectivity index (χ2n) is 6.10. The summed E-state index contributed by atoms with van der Waals surface area (Å²) in [5.41, 5.74) is 0.349. The quantitative estimate of drug-likeness (QED) is 0.816. The van der Waals surface area contributed by atoms with Gasteiger partial charge in [-0.05, 0) is 43.7 Å². The number of amides is 2. The maximum atomic E-state index is 12.9. The summed E-state index contributed by atoms with van der Waals surface area (Å²) in [6.07, 6.45) is -4.18. The molecule has 27 heavy (non-hydrogen) atoms. The van der Waals surface area contributed by atoms with Crippen LogP contribution in [0.25, 0.3) is 0 Å². The molecule has 0 spiro atoms. The van der Waals surface area contributed by atoms with Crippen molar-refractivity contribution in [2.24, 2.45) is 0 Å². The topological polar surface area (TPSA) is 71.1 Å². The number of carbonyl (C=O) groups is 2. The summed E-state index contributed by atoms with van der Waals surface area (Å²) in [6.45, 7) is 4.96. The Hall–Kier alpha value is -2.90. The number of carbonyl (C=O) groups excluding carboxylic acids is 2. The molecule has 0 aliphatic carbocycles. The number of aromatic nitrogens is 1. The van der Waals surface area contributed by atoms with Crippen LogP contribution < -0.4 is 10.6 Å². The fraction of sp³-hybridized carbons (Fsp3) is 0.316. The Morgan fingerprint density at radius 2 is 1.89 bits per heavy atom. The number of alkyl halides is 3. The Kier molecular flexibility index (Phi) is 6.20. The number of hydrogen-bond acceptors (Lipinski definition) is 3. The maximum Gasteiger partial charge on any atom is 0.416 e. The van der Waals surface area contributed by atoms with Gasteiger partial charge in [0.25, 0.3) is 5.91 Å². The maximum absolute atomic E-state index is 12.9. The van der Waals surface area contributed by atoms with Crippen molar-refractivity contribution in [2.45, 2.75) is 39.4 Å². The van der Waals surface area contributed by atoms with Gasteiger partial charge in [0.1, 0.15) is 5.82 Å². The smallest absolute Gasteiger partial charge is 0.346 e. The molecule has 1 aromatic heterocycles. The van der Waals surface area contributed by atoms with E-state index < -0.39 is 23.7 Å². The SMILES string of the molecule is CCC(=O)Nc1cc(C(=O)N[C@H](C)c2cccc(C(F)(F)F)c2)cc(C)n1. The van der Waals surface area contributed by atoms with Crippen LogP contribution in [0.5, 0.6) is 0 Å². The van der Waals surface area contributed by atoms with Gasteiger partial charge >= 0.3 is 6.18 Å². The van der Waals surface area contributed by atoms with Crippen molar-refractivity contribution in [3.63, 3.8) is 0 Å². The van der Waals surface area contributed by atoms with Crippen LogP contribution in [0.3, 0.4) is 0 Å². The van der Waals surface area contributed by atoms with Crippen LogP contribution in [-0.4, -0.2) is 16.8 Å². The van der Waals surface area contributed by atoms with Gasteiger partial charge in [-0.15, -0.1) is 0 Å². The summed E-state index contributed by atoms with van der Waals surface area (Å²) in [7, 11) is 0. The molecule has 0 unspecified atom stereocenters. The highest BCUT2D eigenvalue weighted by atomic mass is 19.4. The molecule has 8 heteroatoms. The van der Waals surface area contributed by atoms with Crippen LogP contribution in [0, 0.1) is 6.92 Å². The standard InChI is InChI=1S/C19H20F3N3O2/c1-4-17(26)25-16-10-14(8-11(2)23-16)18(27)24-12(3)13-6-5-7-15(9-13)19(20,21)22/h5-10,12H,4H2,1-3H3,(H,24,27)(H,23,25,26)/t12-/m1/s1. The first-order valence-electron chi connectivity index (χ1n) is 8.36. The number of rotatable bonds is 5. The first kappa shape index (κ1) is 20.4. The number of nitrogens with zero attached hydrogens (tertiary/aromatic N) is 1. The number of pyridine rings is 1. The zero-order chi connectivity index (χ0) is 20.2. The van der Waals surface area contributed by atoms with Crippen molar-refractivity contribution in [1.29, 1.82) is 0 Å². The predicted octanol–water partition coefficient (Wildman–Crippen LogP) is 4.25. The molecular weight excluding hydrogens is 359 g/mol. The zero-order valence-corrected chi connectivity index (χ0v) is 15.1. The molecule has 1 heterocycles. The third-order valence-electron chi connectivity index (χ3n) is 3.87. The molecule has 2 rings (SSSR count). The lowest BCUT2D eigenvalue weighted by atomic mass is 10.0. The highest BCUT2D eigenvalue weighted by Gasteiger charge is 2.30. The summed E-state index contributed by atoms with van der Waals surface area (Å²) < 4.78 is 38.6. The Morgan fingerprint density at radius 1 is 1.19 bits per heavy atom. The molecule has 144 valence electrons. The second kappa shape index (κ2) is 8.20. The van der Waals surface area contributed by atoms with Crippen molar-refractivity contribution < 1.29 is 22.8 Å². The molecule has 2 N–H and O–H groups in total. The molecule has 1 atom stereocenters. The second-order valence-corrected chi connectivity index (χ2v) is 6.10. The first-order chi connectivity index (χ1) is 12.6. The van der Waals surface area contributed by atoms with Crippen LogP contribution in [0.15, 0.2) is 36.4 Å². The van der Waals surface area contributed by atoms with Gasteiger partial charge in [0.2, 0.25) is 5.91 Å². The Balaban J connectivity index is 2.18. The van der Waals surface area contributed by atoms with Gasteiger partial charge in [-0.25, -0.2) is 4.98 Å². The molecule has 0 aliphatic rings. The average Bonchev–Trinajstić information content (AvgIpc) is 2.60. The number of benzene rings is 1. The highest BCUT2D eigenvalue weighted by Crippen LogP contribution is 2.30. The van der Waals surface area contributed by atoms with E-state index in [1.54, 1.807) is 20.8 Å². The molecule has 0 radical (unpaired) electrons. The molecular formula is C19H20F3N3O2. The number of aryl methyl sites for hydroxylation is 1. The fourth-order valence-corrected chi connectivity index (χ4v) is 2.44. The zero-order valence-electron chi connectivity index (χ0n) is 15.1. The molecule has 0 saturated heterocycles. The van der Waals surface area contributed by atoms with Crippen molar-refractivity contribution >= 4 is 17.6 Å². The normalized spacial score (nSPS) is 12.4. The summed E-state index contributed by atoms with van der Waals surface area (Å²) in [5, 5.41) is 5.25. The fourth-order valence-electron chi connectivity index (χ4n) is 2.44. The van der Waals surface area contributed by atoms with Gasteiger partial charge in [0, 0.05) is 17.7 Å². The Labute approximate surface area is 155 Å². The molecule has 2 aromatic rings. The lowest BCUT2D eigenvalue weighted by Gasteiger charge is -2.17. The molecule has 0 saturated carbocycles. The molecule has 0 aliphatic heterocycles. The van der Waals surface area contributed by atoms with Crippen LogP contribution in [0.1, 0.15) is 53.5 Å². The minimum Gasteiger partial charge on any atom is -0.346 e. The van der Waals surface area contributed by atoms with E-state index in [1.165, 1.54) is 24.3 Å². The minimum absolute atomic E-state index is 0.239. The van der Waals surface area contributed by atoms with Crippen molar-refractivity contribution in [3.05, 3.63) is 58.8 Å². The molecule has 0 fully saturated rings. The van der Waals surface area contributed by atoms with Gasteiger partial charge in [0.05, 0.1) is 11.6 Å². The highest BCUT2D eigenvalue weighted by molar-refractivity contribution is 5.96. The predicted molar refractivity (Wildman–Crippen MR) is 95.2 cm³/mol. The van der Waals surface area contributed by atoms with Gasteiger partial charge in [0.15, 0.2) is 0 Å². The number of anilines is 1. The third kappa shape index (κ3) is 5.54. The lowest BCUT2D eigenvalue weighted by molar-refractivity contribution is -0.137. The van der Waals surface area contributed by atoms with Crippen molar-refractivity contribution in [1.82, 2.24) is 10.3 Å². The monoisotopic (exact) mass is 379 g/mol. The lowest BCUT2D eigenvalue weighted by Crippen LogP contribution is -2.27. The van der Waals surface area contributed by atoms with E-state index in [1.807, 2.05) is 0 Å². The summed E-state index contributed by atoms with van der Waals surface area (Å²) in [5.74, 6) is -0.465. The summed E-state index contributed by atoms with van der Waals surface area (Å²) in [4.78, 5) is 28.1. The van der Waals surface area contributed by atoms with Gasteiger partial charge < -0.3 is 10.6 Å². The molecule has 2 amide bonds. The number of nitrogens with one attached hydrogen (secondary N) is 2. The van der Waals surface area contributed by atoms with Crippen molar-refractivity contribution in [3.8, 4) is 0 Å². The Bertz CT molecular complexity index is 850. The summed E-state index contributed by atoms with van der Waals surface area (Å²) >= 11 is 0. The van der Waals surface area contributed by atoms with Crippen LogP contribution >= 0.6 is 0 Å².